The average molecular weight is 345 g/mol. The lowest BCUT2D eigenvalue weighted by Gasteiger charge is -2.14. The molecule has 2 aromatic rings. The molecule has 1 aromatic carbocycles. The average Bonchev–Trinajstić information content (AvgIpc) is 2.80. The maximum absolute atomic E-state index is 10.3. The van der Waals surface area contributed by atoms with Crippen molar-refractivity contribution >= 4 is 27.5 Å². The van der Waals surface area contributed by atoms with Gasteiger partial charge in [0.2, 0.25) is 0 Å². The Morgan fingerprint density at radius 1 is 1.42 bits per heavy atom. The lowest BCUT2D eigenvalue weighted by atomic mass is 10.1. The molecule has 0 aliphatic heterocycles. The molecule has 0 spiro atoms. The van der Waals surface area contributed by atoms with Crippen molar-refractivity contribution < 1.29 is 5.11 Å². The summed E-state index contributed by atoms with van der Waals surface area (Å²) in [6, 6.07) is 5.65. The second-order valence-corrected chi connectivity index (χ2v) is 5.87. The predicted octanol–water partition coefficient (Wildman–Crippen LogP) is 3.55. The summed E-state index contributed by atoms with van der Waals surface area (Å²) >= 11 is 9.36. The van der Waals surface area contributed by atoms with Crippen LogP contribution in [0.3, 0.4) is 0 Å². The van der Waals surface area contributed by atoms with Crippen LogP contribution in [0.1, 0.15) is 37.4 Å². The van der Waals surface area contributed by atoms with Crippen LogP contribution in [0.4, 0.5) is 0 Å². The molecule has 1 aromatic heterocycles. The van der Waals surface area contributed by atoms with E-state index in [9.17, 15) is 5.11 Å². The quantitative estimate of drug-likeness (QED) is 0.923. The fourth-order valence-electron chi connectivity index (χ4n) is 1.86. The minimum atomic E-state index is -0.646. The van der Waals surface area contributed by atoms with E-state index in [0.717, 1.165) is 15.9 Å². The molecule has 4 nitrogen and oxygen atoms in total. The van der Waals surface area contributed by atoms with E-state index in [1.165, 1.54) is 6.33 Å². The maximum Gasteiger partial charge on any atom is 0.138 e. The summed E-state index contributed by atoms with van der Waals surface area (Å²) in [5.74, 6) is 0.765. The van der Waals surface area contributed by atoms with Gasteiger partial charge in [-0.15, -0.1) is 0 Å². The first-order chi connectivity index (χ1) is 8.99. The normalized spacial score (nSPS) is 12.9. The van der Waals surface area contributed by atoms with Gasteiger partial charge in [-0.25, -0.2) is 9.67 Å². The van der Waals surface area contributed by atoms with Gasteiger partial charge in [-0.1, -0.05) is 17.7 Å². The highest BCUT2D eigenvalue weighted by Crippen LogP contribution is 2.27. The summed E-state index contributed by atoms with van der Waals surface area (Å²) in [7, 11) is 0. The van der Waals surface area contributed by atoms with Crippen LogP contribution in [-0.2, 0) is 6.42 Å². The van der Waals surface area contributed by atoms with Crippen molar-refractivity contribution in [1.82, 2.24) is 14.8 Å². The molecule has 1 N–H and O–H groups in total. The van der Waals surface area contributed by atoms with E-state index >= 15 is 0 Å². The first-order valence-corrected chi connectivity index (χ1v) is 7.17. The third-order valence-electron chi connectivity index (χ3n) is 2.84. The monoisotopic (exact) mass is 343 g/mol. The van der Waals surface area contributed by atoms with Crippen molar-refractivity contribution in [2.24, 2.45) is 0 Å². The predicted molar refractivity (Wildman–Crippen MR) is 78.2 cm³/mol. The summed E-state index contributed by atoms with van der Waals surface area (Å²) in [6.45, 7) is 4.06. The maximum atomic E-state index is 10.3. The zero-order valence-electron chi connectivity index (χ0n) is 10.7. The summed E-state index contributed by atoms with van der Waals surface area (Å²) in [5, 5.41) is 15.0. The fraction of sp³-hybridized carbons (Fsp3) is 0.385. The molecule has 6 heteroatoms. The van der Waals surface area contributed by atoms with Gasteiger partial charge in [-0.2, -0.15) is 5.10 Å². The van der Waals surface area contributed by atoms with E-state index in [1.807, 2.05) is 30.7 Å². The first-order valence-electron chi connectivity index (χ1n) is 6.00. The van der Waals surface area contributed by atoms with Gasteiger partial charge in [0.25, 0.3) is 0 Å². The number of hydrogen-bond donors (Lipinski definition) is 1. The molecular formula is C13H15BrClN3O. The summed E-state index contributed by atoms with van der Waals surface area (Å²) < 4.78 is 2.62. The van der Waals surface area contributed by atoms with Gasteiger partial charge in [-0.3, -0.25) is 0 Å². The largest absolute Gasteiger partial charge is 0.388 e. The second kappa shape index (κ2) is 6.03. The van der Waals surface area contributed by atoms with Crippen molar-refractivity contribution in [3.63, 3.8) is 0 Å². The van der Waals surface area contributed by atoms with Crippen molar-refractivity contribution in [1.29, 1.82) is 0 Å². The third-order valence-corrected chi connectivity index (χ3v) is 4.07. The van der Waals surface area contributed by atoms with Gasteiger partial charge in [0.1, 0.15) is 12.2 Å². The molecule has 0 aliphatic carbocycles. The fourth-order valence-corrected chi connectivity index (χ4v) is 2.30. The summed E-state index contributed by atoms with van der Waals surface area (Å²) in [5.41, 5.74) is 0.770. The number of halogens is 2. The highest BCUT2D eigenvalue weighted by molar-refractivity contribution is 9.10. The van der Waals surface area contributed by atoms with Crippen LogP contribution in [0.5, 0.6) is 0 Å². The zero-order chi connectivity index (χ0) is 14.0. The Hall–Kier alpha value is -0.910. The summed E-state index contributed by atoms with van der Waals surface area (Å²) in [6.07, 6.45) is 1.28. The van der Waals surface area contributed by atoms with Crippen LogP contribution in [0.25, 0.3) is 0 Å². The molecule has 0 bridgehead atoms. The van der Waals surface area contributed by atoms with Crippen molar-refractivity contribution in [2.75, 3.05) is 0 Å². The Bertz CT molecular complexity index is 571. The highest BCUT2D eigenvalue weighted by atomic mass is 79.9. The van der Waals surface area contributed by atoms with Gasteiger partial charge in [0.15, 0.2) is 0 Å². The van der Waals surface area contributed by atoms with Gasteiger partial charge in [0, 0.05) is 16.9 Å². The van der Waals surface area contributed by atoms with Crippen molar-refractivity contribution in [2.45, 2.75) is 32.4 Å². The van der Waals surface area contributed by atoms with Crippen LogP contribution in [0.15, 0.2) is 29.0 Å². The Morgan fingerprint density at radius 2 is 2.16 bits per heavy atom. The third kappa shape index (κ3) is 3.35. The summed E-state index contributed by atoms with van der Waals surface area (Å²) in [4.78, 5) is 4.19. The number of aliphatic hydroxyl groups is 1. The number of nitrogens with zero attached hydrogens (tertiary/aromatic N) is 3. The van der Waals surface area contributed by atoms with Gasteiger partial charge in [-0.05, 0) is 47.5 Å². The van der Waals surface area contributed by atoms with Crippen LogP contribution < -0.4 is 0 Å². The molecule has 0 fully saturated rings. The Kier molecular flexibility index (Phi) is 4.60. The Labute approximate surface area is 125 Å². The molecule has 0 saturated heterocycles. The molecule has 1 atom stereocenters. The van der Waals surface area contributed by atoms with E-state index in [1.54, 1.807) is 6.07 Å². The Morgan fingerprint density at radius 3 is 2.79 bits per heavy atom. The highest BCUT2D eigenvalue weighted by Gasteiger charge is 2.15. The molecule has 0 saturated carbocycles. The van der Waals surface area contributed by atoms with E-state index in [0.29, 0.717) is 11.4 Å². The number of rotatable bonds is 4. The molecule has 102 valence electrons. The van der Waals surface area contributed by atoms with E-state index in [-0.39, 0.29) is 6.04 Å². The number of hydrogen-bond acceptors (Lipinski definition) is 3. The molecule has 19 heavy (non-hydrogen) atoms. The van der Waals surface area contributed by atoms with Gasteiger partial charge >= 0.3 is 0 Å². The molecule has 0 radical (unpaired) electrons. The standard InChI is InChI=1S/C13H15BrClN3O/c1-8(2)18-13(16-7-17-18)6-12(19)9-3-4-10(14)11(15)5-9/h3-5,7-8,12,19H,6H2,1-2H3. The lowest BCUT2D eigenvalue weighted by Crippen LogP contribution is -2.12. The zero-order valence-corrected chi connectivity index (χ0v) is 13.1. The van der Waals surface area contributed by atoms with E-state index < -0.39 is 6.10 Å². The molecule has 0 amide bonds. The molecular weight excluding hydrogens is 330 g/mol. The second-order valence-electron chi connectivity index (χ2n) is 4.61. The number of benzene rings is 1. The Balaban J connectivity index is 2.18. The molecule has 2 rings (SSSR count). The van der Waals surface area contributed by atoms with E-state index in [2.05, 4.69) is 26.0 Å². The van der Waals surface area contributed by atoms with Crippen LogP contribution in [-0.4, -0.2) is 19.9 Å². The number of aliphatic hydroxyl groups excluding tert-OH is 1. The molecule has 0 aliphatic rings. The van der Waals surface area contributed by atoms with Gasteiger partial charge < -0.3 is 5.11 Å². The minimum Gasteiger partial charge on any atom is -0.388 e. The van der Waals surface area contributed by atoms with Crippen molar-refractivity contribution in [3.8, 4) is 0 Å². The van der Waals surface area contributed by atoms with Crippen molar-refractivity contribution in [3.05, 3.63) is 45.4 Å². The van der Waals surface area contributed by atoms with Crippen LogP contribution >= 0.6 is 27.5 Å². The molecule has 1 unspecified atom stereocenters. The smallest absolute Gasteiger partial charge is 0.138 e. The number of aromatic nitrogens is 3. The van der Waals surface area contributed by atoms with Crippen LogP contribution in [0.2, 0.25) is 5.02 Å². The first kappa shape index (κ1) is 14.5. The van der Waals surface area contributed by atoms with Gasteiger partial charge in [0.05, 0.1) is 11.1 Å². The lowest BCUT2D eigenvalue weighted by molar-refractivity contribution is 0.173. The minimum absolute atomic E-state index is 0.221. The topological polar surface area (TPSA) is 50.9 Å². The SMILES string of the molecule is CC(C)n1ncnc1CC(O)c1ccc(Br)c(Cl)c1. The van der Waals surface area contributed by atoms with Crippen LogP contribution in [0, 0.1) is 0 Å². The molecule has 1 heterocycles. The van der Waals surface area contributed by atoms with E-state index in [4.69, 9.17) is 11.6 Å².